The third-order valence-electron chi connectivity index (χ3n) is 3.85. The summed E-state index contributed by atoms with van der Waals surface area (Å²) in [6.07, 6.45) is 1.72. The lowest BCUT2D eigenvalue weighted by Crippen LogP contribution is -2.21. The van der Waals surface area contributed by atoms with Crippen molar-refractivity contribution in [3.63, 3.8) is 0 Å². The van der Waals surface area contributed by atoms with Gasteiger partial charge in [-0.15, -0.1) is 0 Å². The number of allylic oxidation sites excluding steroid dienone is 1. The SMILES string of the molecule is C=C(C)Cc1c(C)nn(C(=O)COc2ccc(CC)cc2)c1C. The van der Waals surface area contributed by atoms with Gasteiger partial charge in [0.2, 0.25) is 0 Å². The minimum absolute atomic E-state index is 0.0278. The van der Waals surface area contributed by atoms with E-state index in [0.717, 1.165) is 35.4 Å². The fourth-order valence-corrected chi connectivity index (χ4v) is 2.50. The Balaban J connectivity index is 2.07. The molecule has 0 aliphatic heterocycles. The molecule has 4 heteroatoms. The van der Waals surface area contributed by atoms with Gasteiger partial charge in [-0.05, 0) is 51.3 Å². The molecule has 2 rings (SSSR count). The Morgan fingerprint density at radius 3 is 2.48 bits per heavy atom. The molecule has 0 bridgehead atoms. The molecule has 2 aromatic rings. The van der Waals surface area contributed by atoms with Gasteiger partial charge in [-0.1, -0.05) is 31.2 Å². The lowest BCUT2D eigenvalue weighted by Gasteiger charge is -2.07. The average molecular weight is 312 g/mol. The van der Waals surface area contributed by atoms with Gasteiger partial charge in [-0.3, -0.25) is 4.79 Å². The summed E-state index contributed by atoms with van der Waals surface area (Å²) in [6, 6.07) is 7.79. The molecule has 0 radical (unpaired) electrons. The number of aryl methyl sites for hydroxylation is 2. The second-order valence-electron chi connectivity index (χ2n) is 5.87. The predicted molar refractivity (Wildman–Crippen MR) is 92.2 cm³/mol. The quantitative estimate of drug-likeness (QED) is 0.760. The highest BCUT2D eigenvalue weighted by atomic mass is 16.5. The van der Waals surface area contributed by atoms with Crippen LogP contribution in [0.3, 0.4) is 0 Å². The van der Waals surface area contributed by atoms with Crippen molar-refractivity contribution in [1.29, 1.82) is 0 Å². The zero-order chi connectivity index (χ0) is 17.0. The lowest BCUT2D eigenvalue weighted by molar-refractivity contribution is 0.0818. The van der Waals surface area contributed by atoms with Gasteiger partial charge in [-0.2, -0.15) is 5.10 Å². The fourth-order valence-electron chi connectivity index (χ4n) is 2.50. The van der Waals surface area contributed by atoms with Crippen molar-refractivity contribution in [3.8, 4) is 5.75 Å². The summed E-state index contributed by atoms with van der Waals surface area (Å²) in [5.41, 5.74) is 5.09. The summed E-state index contributed by atoms with van der Waals surface area (Å²) in [6.45, 7) is 11.8. The molecule has 0 saturated heterocycles. The van der Waals surface area contributed by atoms with Crippen LogP contribution < -0.4 is 4.74 Å². The molecule has 4 nitrogen and oxygen atoms in total. The summed E-state index contributed by atoms with van der Waals surface area (Å²) in [7, 11) is 0. The zero-order valence-corrected chi connectivity index (χ0v) is 14.3. The maximum Gasteiger partial charge on any atom is 0.284 e. The molecular weight excluding hydrogens is 288 g/mol. The maximum atomic E-state index is 12.4. The normalized spacial score (nSPS) is 10.6. The van der Waals surface area contributed by atoms with Crippen LogP contribution in [0.4, 0.5) is 0 Å². The molecule has 1 heterocycles. The van der Waals surface area contributed by atoms with Gasteiger partial charge in [0, 0.05) is 11.3 Å². The Hall–Kier alpha value is -2.36. The van der Waals surface area contributed by atoms with Crippen LogP contribution in [0.15, 0.2) is 36.4 Å². The van der Waals surface area contributed by atoms with E-state index in [1.165, 1.54) is 10.2 Å². The minimum Gasteiger partial charge on any atom is -0.484 e. The Bertz CT molecular complexity index is 712. The first-order valence-corrected chi connectivity index (χ1v) is 7.86. The van der Waals surface area contributed by atoms with Gasteiger partial charge in [0.15, 0.2) is 6.61 Å². The van der Waals surface area contributed by atoms with Crippen LogP contribution in [-0.4, -0.2) is 22.3 Å². The van der Waals surface area contributed by atoms with E-state index in [1.807, 2.05) is 45.0 Å². The Kier molecular flexibility index (Phi) is 5.37. The summed E-state index contributed by atoms with van der Waals surface area (Å²) >= 11 is 0. The second-order valence-corrected chi connectivity index (χ2v) is 5.87. The first kappa shape index (κ1) is 17.0. The number of nitrogens with zero attached hydrogens (tertiary/aromatic N) is 2. The molecule has 0 spiro atoms. The Morgan fingerprint density at radius 2 is 1.91 bits per heavy atom. The summed E-state index contributed by atoms with van der Waals surface area (Å²) in [5.74, 6) is 0.525. The highest BCUT2D eigenvalue weighted by Crippen LogP contribution is 2.17. The smallest absolute Gasteiger partial charge is 0.284 e. The molecule has 0 aliphatic carbocycles. The molecule has 122 valence electrons. The number of ether oxygens (including phenoxy) is 1. The molecule has 0 atom stereocenters. The van der Waals surface area contributed by atoms with E-state index in [9.17, 15) is 4.79 Å². The van der Waals surface area contributed by atoms with Crippen LogP contribution in [0.1, 0.15) is 41.2 Å². The number of hydrogen-bond acceptors (Lipinski definition) is 3. The number of rotatable bonds is 6. The fraction of sp³-hybridized carbons (Fsp3) is 0.368. The molecule has 0 N–H and O–H groups in total. The first-order chi connectivity index (χ1) is 10.9. The van der Waals surface area contributed by atoms with Gasteiger partial charge in [0.1, 0.15) is 5.75 Å². The Morgan fingerprint density at radius 1 is 1.26 bits per heavy atom. The minimum atomic E-state index is -0.168. The standard InChI is InChI=1S/C19H24N2O2/c1-6-16-7-9-17(10-8-16)23-12-19(22)21-15(5)18(11-13(2)3)14(4)20-21/h7-10H,2,6,11-12H2,1,3-5H3. The molecule has 0 fully saturated rings. The highest BCUT2D eigenvalue weighted by Gasteiger charge is 2.16. The number of carbonyl (C=O) groups excluding carboxylic acids is 1. The maximum absolute atomic E-state index is 12.4. The van der Waals surface area contributed by atoms with E-state index < -0.39 is 0 Å². The van der Waals surface area contributed by atoms with Crippen molar-refractivity contribution in [2.75, 3.05) is 6.61 Å². The molecule has 0 aliphatic rings. The van der Waals surface area contributed by atoms with Crippen LogP contribution in [0.2, 0.25) is 0 Å². The van der Waals surface area contributed by atoms with Crippen LogP contribution in [0.25, 0.3) is 0 Å². The highest BCUT2D eigenvalue weighted by molar-refractivity contribution is 5.80. The Labute approximate surface area is 137 Å². The third-order valence-corrected chi connectivity index (χ3v) is 3.85. The van der Waals surface area contributed by atoms with Gasteiger partial charge in [-0.25, -0.2) is 4.68 Å². The molecule has 0 amide bonds. The number of aromatic nitrogens is 2. The van der Waals surface area contributed by atoms with E-state index in [1.54, 1.807) is 0 Å². The van der Waals surface area contributed by atoms with Crippen molar-refractivity contribution in [3.05, 3.63) is 58.9 Å². The average Bonchev–Trinajstić information content (AvgIpc) is 2.81. The topological polar surface area (TPSA) is 44.1 Å². The van der Waals surface area contributed by atoms with Gasteiger partial charge >= 0.3 is 0 Å². The molecule has 0 saturated carbocycles. The molecule has 23 heavy (non-hydrogen) atoms. The van der Waals surface area contributed by atoms with Gasteiger partial charge in [0.25, 0.3) is 5.91 Å². The van der Waals surface area contributed by atoms with Gasteiger partial charge < -0.3 is 4.74 Å². The van der Waals surface area contributed by atoms with Crippen molar-refractivity contribution >= 4 is 5.91 Å². The van der Waals surface area contributed by atoms with E-state index in [-0.39, 0.29) is 12.5 Å². The van der Waals surface area contributed by atoms with Crippen LogP contribution in [0.5, 0.6) is 5.75 Å². The molecular formula is C19H24N2O2. The first-order valence-electron chi connectivity index (χ1n) is 7.86. The zero-order valence-electron chi connectivity index (χ0n) is 14.3. The summed E-state index contributed by atoms with van der Waals surface area (Å²) in [4.78, 5) is 12.4. The summed E-state index contributed by atoms with van der Waals surface area (Å²) in [5, 5.41) is 4.35. The molecule has 1 aromatic heterocycles. The number of hydrogen-bond donors (Lipinski definition) is 0. The van der Waals surface area contributed by atoms with Crippen molar-refractivity contribution < 1.29 is 9.53 Å². The molecule has 1 aromatic carbocycles. The second kappa shape index (κ2) is 7.27. The number of benzene rings is 1. The van der Waals surface area contributed by atoms with E-state index in [2.05, 4.69) is 18.6 Å². The molecule has 0 unspecified atom stereocenters. The number of carbonyl (C=O) groups is 1. The summed E-state index contributed by atoms with van der Waals surface area (Å²) < 4.78 is 7.02. The van der Waals surface area contributed by atoms with Crippen molar-refractivity contribution in [2.24, 2.45) is 0 Å². The van der Waals surface area contributed by atoms with Crippen LogP contribution in [0, 0.1) is 13.8 Å². The van der Waals surface area contributed by atoms with Gasteiger partial charge in [0.05, 0.1) is 5.69 Å². The monoisotopic (exact) mass is 312 g/mol. The van der Waals surface area contributed by atoms with Crippen molar-refractivity contribution in [2.45, 2.75) is 40.5 Å². The lowest BCUT2D eigenvalue weighted by atomic mass is 10.1. The third kappa shape index (κ3) is 4.09. The van der Waals surface area contributed by atoms with E-state index in [4.69, 9.17) is 4.74 Å². The van der Waals surface area contributed by atoms with E-state index in [0.29, 0.717) is 5.75 Å². The van der Waals surface area contributed by atoms with Crippen LogP contribution >= 0.6 is 0 Å². The largest absolute Gasteiger partial charge is 0.484 e. The predicted octanol–water partition coefficient (Wildman–Crippen LogP) is 3.90. The van der Waals surface area contributed by atoms with Crippen molar-refractivity contribution in [1.82, 2.24) is 9.78 Å². The van der Waals surface area contributed by atoms with Crippen LogP contribution in [-0.2, 0) is 12.8 Å². The van der Waals surface area contributed by atoms with E-state index >= 15 is 0 Å².